The van der Waals surface area contributed by atoms with Gasteiger partial charge in [0.2, 0.25) is 11.7 Å². The number of phenolic OH excluding ortho intramolecular Hbond substituents is 1. The molecular formula is C14H10F3N5O4. The molecule has 3 rings (SSSR count). The second-order valence-corrected chi connectivity index (χ2v) is 4.90. The quantitative estimate of drug-likeness (QED) is 0.662. The number of halogens is 3. The Labute approximate surface area is 143 Å². The number of furan rings is 1. The fourth-order valence-corrected chi connectivity index (χ4v) is 1.95. The number of carbonyl (C=O) groups excluding carboxylic acids is 1. The van der Waals surface area contributed by atoms with Crippen LogP contribution in [-0.4, -0.2) is 37.6 Å². The third-order valence-electron chi connectivity index (χ3n) is 2.96. The van der Waals surface area contributed by atoms with Gasteiger partial charge in [0.15, 0.2) is 5.76 Å². The Bertz CT molecular complexity index is 908. The number of alkyl halides is 3. The van der Waals surface area contributed by atoms with Crippen molar-refractivity contribution in [3.63, 3.8) is 0 Å². The third-order valence-corrected chi connectivity index (χ3v) is 2.96. The van der Waals surface area contributed by atoms with Crippen molar-refractivity contribution in [3.8, 4) is 23.1 Å². The van der Waals surface area contributed by atoms with E-state index >= 15 is 0 Å². The highest BCUT2D eigenvalue weighted by atomic mass is 19.4. The number of nitrogens with one attached hydrogen (secondary N) is 1. The van der Waals surface area contributed by atoms with Crippen molar-refractivity contribution in [2.75, 3.05) is 5.32 Å². The Balaban J connectivity index is 1.63. The van der Waals surface area contributed by atoms with Gasteiger partial charge in [-0.1, -0.05) is 0 Å². The number of aromatic hydroxyl groups is 1. The SMILES string of the molecule is O=C(Cn1nnc(-c2ccco2)n1)Nc1ccc(OC(F)(F)F)cc1O. The van der Waals surface area contributed by atoms with E-state index < -0.39 is 23.8 Å². The van der Waals surface area contributed by atoms with Crippen molar-refractivity contribution >= 4 is 11.6 Å². The Kier molecular flexibility index (Phi) is 4.47. The predicted molar refractivity (Wildman–Crippen MR) is 78.9 cm³/mol. The molecule has 0 saturated carbocycles. The molecule has 0 aliphatic heterocycles. The maximum Gasteiger partial charge on any atom is 0.573 e. The first-order chi connectivity index (χ1) is 12.3. The molecular weight excluding hydrogens is 359 g/mol. The molecule has 0 atom stereocenters. The van der Waals surface area contributed by atoms with Crippen LogP contribution in [0.1, 0.15) is 0 Å². The summed E-state index contributed by atoms with van der Waals surface area (Å²) in [6.45, 7) is -0.339. The van der Waals surface area contributed by atoms with Crippen LogP contribution in [0.3, 0.4) is 0 Å². The Morgan fingerprint density at radius 2 is 2.15 bits per heavy atom. The van der Waals surface area contributed by atoms with Crippen LogP contribution in [0.2, 0.25) is 0 Å². The number of nitrogens with zero attached hydrogens (tertiary/aromatic N) is 4. The number of rotatable bonds is 5. The van der Waals surface area contributed by atoms with Gasteiger partial charge in [0, 0.05) is 6.07 Å². The summed E-state index contributed by atoms with van der Waals surface area (Å²) in [5, 5.41) is 23.4. The van der Waals surface area contributed by atoms with Gasteiger partial charge in [-0.25, -0.2) is 0 Å². The zero-order valence-electron chi connectivity index (χ0n) is 12.8. The highest BCUT2D eigenvalue weighted by Crippen LogP contribution is 2.31. The molecule has 136 valence electrons. The Morgan fingerprint density at radius 3 is 2.81 bits per heavy atom. The second-order valence-electron chi connectivity index (χ2n) is 4.90. The van der Waals surface area contributed by atoms with Crippen LogP contribution < -0.4 is 10.1 Å². The maximum atomic E-state index is 12.1. The number of ether oxygens (including phenoxy) is 1. The van der Waals surface area contributed by atoms with E-state index in [1.165, 1.54) is 6.26 Å². The van der Waals surface area contributed by atoms with Crippen molar-refractivity contribution in [2.45, 2.75) is 12.9 Å². The number of amides is 1. The van der Waals surface area contributed by atoms with E-state index in [1.807, 2.05) is 0 Å². The van der Waals surface area contributed by atoms with Crippen LogP contribution in [0.25, 0.3) is 11.6 Å². The lowest BCUT2D eigenvalue weighted by atomic mass is 10.2. The van der Waals surface area contributed by atoms with E-state index in [0.717, 1.165) is 23.0 Å². The maximum absolute atomic E-state index is 12.1. The molecule has 3 aromatic rings. The molecule has 1 aromatic carbocycles. The average Bonchev–Trinajstić information content (AvgIpc) is 3.19. The lowest BCUT2D eigenvalue weighted by Gasteiger charge is -2.11. The van der Waals surface area contributed by atoms with Gasteiger partial charge in [0.25, 0.3) is 0 Å². The van der Waals surface area contributed by atoms with E-state index in [0.29, 0.717) is 5.76 Å². The first kappa shape index (κ1) is 17.3. The van der Waals surface area contributed by atoms with Gasteiger partial charge in [0.05, 0.1) is 12.0 Å². The van der Waals surface area contributed by atoms with E-state index in [4.69, 9.17) is 4.42 Å². The first-order valence-corrected chi connectivity index (χ1v) is 7.00. The Hall–Kier alpha value is -3.57. The summed E-state index contributed by atoms with van der Waals surface area (Å²) in [5.41, 5.74) is -0.101. The average molecular weight is 369 g/mol. The number of anilines is 1. The summed E-state index contributed by atoms with van der Waals surface area (Å²) in [6.07, 6.45) is -3.46. The Morgan fingerprint density at radius 1 is 1.35 bits per heavy atom. The zero-order valence-corrected chi connectivity index (χ0v) is 12.8. The van der Waals surface area contributed by atoms with Gasteiger partial charge in [-0.3, -0.25) is 4.79 Å². The number of aromatic nitrogens is 4. The minimum atomic E-state index is -4.89. The molecule has 2 heterocycles. The molecule has 0 saturated heterocycles. The number of carbonyl (C=O) groups is 1. The van der Waals surface area contributed by atoms with Gasteiger partial charge in [0.1, 0.15) is 18.0 Å². The third kappa shape index (κ3) is 4.28. The van der Waals surface area contributed by atoms with E-state index in [2.05, 4.69) is 25.5 Å². The second kappa shape index (κ2) is 6.74. The van der Waals surface area contributed by atoms with Crippen LogP contribution in [0.4, 0.5) is 18.9 Å². The fraction of sp³-hybridized carbons (Fsp3) is 0.143. The highest BCUT2D eigenvalue weighted by Gasteiger charge is 2.31. The smallest absolute Gasteiger partial charge is 0.506 e. The van der Waals surface area contributed by atoms with E-state index in [1.54, 1.807) is 12.1 Å². The predicted octanol–water partition coefficient (Wildman–Crippen LogP) is 2.18. The summed E-state index contributed by atoms with van der Waals surface area (Å²) >= 11 is 0. The number of tetrazole rings is 1. The lowest BCUT2D eigenvalue weighted by Crippen LogP contribution is -2.20. The van der Waals surface area contributed by atoms with Crippen LogP contribution in [0, 0.1) is 0 Å². The molecule has 0 radical (unpaired) electrons. The molecule has 0 fully saturated rings. The molecule has 12 heteroatoms. The molecule has 2 N–H and O–H groups in total. The molecule has 2 aromatic heterocycles. The summed E-state index contributed by atoms with van der Waals surface area (Å²) in [5.74, 6) is -1.29. The van der Waals surface area contributed by atoms with Crippen molar-refractivity contribution in [1.29, 1.82) is 0 Å². The molecule has 0 aliphatic rings. The van der Waals surface area contributed by atoms with Gasteiger partial charge in [-0.2, -0.15) is 4.80 Å². The topological polar surface area (TPSA) is 115 Å². The van der Waals surface area contributed by atoms with Crippen LogP contribution in [0.15, 0.2) is 41.0 Å². The van der Waals surface area contributed by atoms with Gasteiger partial charge in [-0.05, 0) is 29.5 Å². The number of hydrogen-bond acceptors (Lipinski definition) is 7. The van der Waals surface area contributed by atoms with E-state index in [-0.39, 0.29) is 18.1 Å². The standard InChI is InChI=1S/C14H10F3N5O4/c15-14(16,17)26-8-3-4-9(10(23)6-8)18-12(24)7-22-20-13(19-21-22)11-2-1-5-25-11/h1-6,23H,7H2,(H,18,24). The van der Waals surface area contributed by atoms with Crippen molar-refractivity contribution < 1.29 is 32.2 Å². The molecule has 26 heavy (non-hydrogen) atoms. The van der Waals surface area contributed by atoms with Crippen molar-refractivity contribution in [1.82, 2.24) is 20.2 Å². The van der Waals surface area contributed by atoms with Gasteiger partial charge < -0.3 is 19.6 Å². The molecule has 1 amide bonds. The zero-order chi connectivity index (χ0) is 18.7. The minimum Gasteiger partial charge on any atom is -0.506 e. The van der Waals surface area contributed by atoms with Crippen molar-refractivity contribution in [2.24, 2.45) is 0 Å². The van der Waals surface area contributed by atoms with Crippen molar-refractivity contribution in [3.05, 3.63) is 36.6 Å². The monoisotopic (exact) mass is 369 g/mol. The first-order valence-electron chi connectivity index (χ1n) is 7.00. The molecule has 0 bridgehead atoms. The summed E-state index contributed by atoms with van der Waals surface area (Å²) < 4.78 is 45.1. The molecule has 0 aliphatic carbocycles. The number of phenols is 1. The van der Waals surface area contributed by atoms with Gasteiger partial charge >= 0.3 is 6.36 Å². The summed E-state index contributed by atoms with van der Waals surface area (Å²) in [7, 11) is 0. The van der Waals surface area contributed by atoms with Crippen LogP contribution in [-0.2, 0) is 11.3 Å². The van der Waals surface area contributed by atoms with E-state index in [9.17, 15) is 23.1 Å². The summed E-state index contributed by atoms with van der Waals surface area (Å²) in [4.78, 5) is 12.9. The minimum absolute atomic E-state index is 0.101. The highest BCUT2D eigenvalue weighted by molar-refractivity contribution is 5.92. The number of benzene rings is 1. The normalized spacial score (nSPS) is 11.3. The largest absolute Gasteiger partial charge is 0.573 e. The fourth-order valence-electron chi connectivity index (χ4n) is 1.95. The van der Waals surface area contributed by atoms with Crippen LogP contribution >= 0.6 is 0 Å². The molecule has 0 unspecified atom stereocenters. The molecule has 0 spiro atoms. The molecule has 9 nitrogen and oxygen atoms in total. The van der Waals surface area contributed by atoms with Crippen LogP contribution in [0.5, 0.6) is 11.5 Å². The number of hydrogen-bond donors (Lipinski definition) is 2. The lowest BCUT2D eigenvalue weighted by molar-refractivity contribution is -0.274. The summed E-state index contributed by atoms with van der Waals surface area (Å²) in [6, 6.07) is 6.00. The van der Waals surface area contributed by atoms with Gasteiger partial charge in [-0.15, -0.1) is 23.4 Å².